The number of aryl methyl sites for hydroxylation is 4. The van der Waals surface area contributed by atoms with Gasteiger partial charge >= 0.3 is 266 Å². The van der Waals surface area contributed by atoms with Crippen LogP contribution in [0, 0.1) is 27.7 Å². The van der Waals surface area contributed by atoms with Crippen LogP contribution < -0.4 is 31.0 Å². The molecule has 0 aromatic heterocycles. The van der Waals surface area contributed by atoms with Crippen molar-refractivity contribution in [2.75, 3.05) is 30.6 Å². The zero-order chi connectivity index (χ0) is 31.6. The Labute approximate surface area is 265 Å². The van der Waals surface area contributed by atoms with Gasteiger partial charge in [-0.25, -0.2) is 0 Å². The third kappa shape index (κ3) is 5.59. The fourth-order valence-electron chi connectivity index (χ4n) is 6.93. The predicted molar refractivity (Wildman–Crippen MR) is 207 cm³/mol. The number of nitrogens with zero attached hydrogens (tertiary/aromatic N) is 2. The van der Waals surface area contributed by atoms with Gasteiger partial charge in [0.1, 0.15) is 0 Å². The van der Waals surface area contributed by atoms with Crippen LogP contribution in [0.5, 0.6) is 0 Å². The zero-order valence-corrected chi connectivity index (χ0v) is 32.7. The molecular formula is C37H52N2P2Si2. The summed E-state index contributed by atoms with van der Waals surface area (Å²) in [7, 11) is 0.646. The molecule has 0 aliphatic carbocycles. The summed E-state index contributed by atoms with van der Waals surface area (Å²) in [5, 5.41) is 6.20. The summed E-state index contributed by atoms with van der Waals surface area (Å²) in [5.74, 6) is 0. The van der Waals surface area contributed by atoms with E-state index < -0.39 is 29.8 Å². The molecule has 0 spiro atoms. The fourth-order valence-corrected chi connectivity index (χ4v) is 25.8. The van der Waals surface area contributed by atoms with Gasteiger partial charge < -0.3 is 0 Å². The minimum absolute atomic E-state index is 0.580. The van der Waals surface area contributed by atoms with E-state index in [2.05, 4.69) is 170 Å². The second kappa shape index (κ2) is 11.3. The second-order valence-electron chi connectivity index (χ2n) is 15.0. The van der Waals surface area contributed by atoms with Crippen LogP contribution in [0.3, 0.4) is 0 Å². The fraction of sp³-hybridized carbons (Fsp3) is 0.351. The second-order valence-corrected chi connectivity index (χ2v) is 41.7. The Hall–Kier alpha value is -2.23. The van der Waals surface area contributed by atoms with Gasteiger partial charge in [-0.2, -0.15) is 0 Å². The summed E-state index contributed by atoms with van der Waals surface area (Å²) in [4.78, 5) is 5.16. The quantitative estimate of drug-likeness (QED) is 0.159. The molecule has 0 amide bonds. The van der Waals surface area contributed by atoms with Crippen molar-refractivity contribution in [3.8, 4) is 0 Å². The zero-order valence-electron chi connectivity index (χ0n) is 28.8. The van der Waals surface area contributed by atoms with Crippen LogP contribution in [0.2, 0.25) is 39.3 Å². The molecule has 0 saturated carbocycles. The van der Waals surface area contributed by atoms with E-state index in [1.54, 1.807) is 10.6 Å². The average Bonchev–Trinajstić information content (AvgIpc) is 2.91. The van der Waals surface area contributed by atoms with Crippen LogP contribution in [0.15, 0.2) is 72.8 Å². The first-order chi connectivity index (χ1) is 19.9. The predicted octanol–water partition coefficient (Wildman–Crippen LogP) is 9.20. The van der Waals surface area contributed by atoms with E-state index in [-0.39, 0.29) is 0 Å². The SMILES string of the molecule is Cc1ccc2c(c1)N(C)c1cc(C)ccc1[PH](C)([Si](C)(C)C)c1ccc(C)cc1N(C)c1cc(C)ccc1P2[Si](C)(C)C. The monoisotopic (exact) mass is 642 g/mol. The van der Waals surface area contributed by atoms with E-state index in [9.17, 15) is 0 Å². The molecule has 43 heavy (non-hydrogen) atoms. The van der Waals surface area contributed by atoms with Gasteiger partial charge in [-0.1, -0.05) is 0 Å². The van der Waals surface area contributed by atoms with E-state index in [0.29, 0.717) is 0 Å². The van der Waals surface area contributed by atoms with Crippen molar-refractivity contribution in [2.45, 2.75) is 67.0 Å². The number of hydrogen-bond acceptors (Lipinski definition) is 2. The van der Waals surface area contributed by atoms with Crippen molar-refractivity contribution in [1.29, 1.82) is 0 Å². The van der Waals surface area contributed by atoms with Gasteiger partial charge in [0.15, 0.2) is 0 Å². The maximum absolute atomic E-state index is 2.68. The van der Waals surface area contributed by atoms with Gasteiger partial charge in [0, 0.05) is 0 Å². The first kappa shape index (κ1) is 32.2. The van der Waals surface area contributed by atoms with Gasteiger partial charge in [0.05, 0.1) is 0 Å². The summed E-state index contributed by atoms with van der Waals surface area (Å²) >= 11 is 0. The molecule has 4 aromatic rings. The van der Waals surface area contributed by atoms with Crippen LogP contribution in [-0.4, -0.2) is 36.2 Å². The van der Waals surface area contributed by atoms with Crippen molar-refractivity contribution in [2.24, 2.45) is 0 Å². The molecule has 1 aliphatic heterocycles. The Morgan fingerprint density at radius 3 is 1.16 bits per heavy atom. The van der Waals surface area contributed by atoms with Crippen molar-refractivity contribution in [3.05, 3.63) is 95.1 Å². The minimum atomic E-state index is -2.24. The summed E-state index contributed by atoms with van der Waals surface area (Å²) < 4.78 is 0. The summed E-state index contributed by atoms with van der Waals surface area (Å²) in [6.45, 7) is 25.0. The Morgan fingerprint density at radius 1 is 0.512 bits per heavy atom. The van der Waals surface area contributed by atoms with Gasteiger partial charge in [0.2, 0.25) is 0 Å². The summed E-state index contributed by atoms with van der Waals surface area (Å²) in [6.07, 6.45) is 0. The van der Waals surface area contributed by atoms with Crippen molar-refractivity contribution in [3.63, 3.8) is 0 Å². The standard InChI is InChI=1S/C37H52N2P2Si2/c1-26-14-18-34-30(22-26)38(5)32-24-28(3)16-20-36(32)41(7,43(11,12)13)37-21-17-29(4)25-33(37)39(6)31-23-27(2)15-19-35(31)40(34)42(8,9)10/h14-25,41H,1-13H3. The van der Waals surface area contributed by atoms with Crippen LogP contribution in [0.4, 0.5) is 22.7 Å². The first-order valence-electron chi connectivity index (χ1n) is 15.7. The number of hydrogen-bond donors (Lipinski definition) is 0. The van der Waals surface area contributed by atoms with E-state index in [0.717, 1.165) is 0 Å². The van der Waals surface area contributed by atoms with Crippen molar-refractivity contribution >= 4 is 73.7 Å². The molecule has 1 heterocycles. The van der Waals surface area contributed by atoms with E-state index in [1.807, 2.05) is 0 Å². The topological polar surface area (TPSA) is 6.48 Å². The van der Waals surface area contributed by atoms with Crippen LogP contribution >= 0.6 is 14.3 Å². The molecule has 0 fully saturated rings. The number of anilines is 4. The molecule has 2 nitrogen and oxygen atoms in total. The van der Waals surface area contributed by atoms with Gasteiger partial charge in [0.25, 0.3) is 0 Å². The van der Waals surface area contributed by atoms with Gasteiger partial charge in [-0.15, -0.1) is 0 Å². The molecule has 0 radical (unpaired) electrons. The molecule has 5 rings (SSSR count). The molecule has 6 heteroatoms. The van der Waals surface area contributed by atoms with Gasteiger partial charge in [-0.05, 0) is 0 Å². The van der Waals surface area contributed by atoms with Crippen molar-refractivity contribution in [1.82, 2.24) is 0 Å². The Kier molecular flexibility index (Phi) is 8.45. The van der Waals surface area contributed by atoms with E-state index in [4.69, 9.17) is 0 Å². The Bertz CT molecular complexity index is 1590. The molecule has 0 saturated heterocycles. The molecular weight excluding hydrogens is 591 g/mol. The maximum atomic E-state index is 2.68. The van der Waals surface area contributed by atoms with Gasteiger partial charge in [-0.3, -0.25) is 0 Å². The third-order valence-corrected chi connectivity index (χ3v) is 34.9. The summed E-state index contributed by atoms with van der Waals surface area (Å²) in [5.41, 5.74) is 10.9. The number of rotatable bonds is 2. The third-order valence-electron chi connectivity index (χ3n) is 9.74. The molecule has 1 aliphatic rings. The van der Waals surface area contributed by atoms with Crippen LogP contribution in [0.1, 0.15) is 22.3 Å². The average molecular weight is 643 g/mol. The van der Waals surface area contributed by atoms with Crippen LogP contribution in [0.25, 0.3) is 0 Å². The van der Waals surface area contributed by atoms with Crippen molar-refractivity contribution < 1.29 is 0 Å². The Balaban J connectivity index is 2.04. The number of fused-ring (bicyclic) bond motifs is 4. The Morgan fingerprint density at radius 2 is 0.837 bits per heavy atom. The molecule has 4 aromatic carbocycles. The van der Waals surface area contributed by atoms with E-state index >= 15 is 0 Å². The molecule has 0 bridgehead atoms. The number of benzene rings is 4. The first-order valence-corrected chi connectivity index (χ1v) is 28.3. The molecule has 0 unspecified atom stereocenters. The molecule has 0 atom stereocenters. The van der Waals surface area contributed by atoms with E-state index in [1.165, 1.54) is 55.6 Å². The normalized spacial score (nSPS) is 17.6. The van der Waals surface area contributed by atoms with Crippen LogP contribution in [-0.2, 0) is 0 Å². The molecule has 228 valence electrons. The molecule has 0 N–H and O–H groups in total. The summed E-state index contributed by atoms with van der Waals surface area (Å²) in [6, 6.07) is 29.3.